The van der Waals surface area contributed by atoms with Gasteiger partial charge in [-0.3, -0.25) is 9.59 Å². The Hall–Kier alpha value is -2.86. The molecule has 0 saturated heterocycles. The van der Waals surface area contributed by atoms with Crippen LogP contribution in [0, 0.1) is 0 Å². The summed E-state index contributed by atoms with van der Waals surface area (Å²) in [6.45, 7) is -0.382. The van der Waals surface area contributed by atoms with Gasteiger partial charge in [-0.2, -0.15) is 0 Å². The number of ether oxygens (including phenoxy) is 1. The van der Waals surface area contributed by atoms with Gasteiger partial charge >= 0.3 is 5.97 Å². The monoisotopic (exact) mass is 358 g/mol. The van der Waals surface area contributed by atoms with E-state index in [1.807, 2.05) is 0 Å². The highest BCUT2D eigenvalue weighted by molar-refractivity contribution is 6.33. The molecule has 0 aromatic heterocycles. The molecular formula is C18H15ClN2O4. The number of anilines is 2. The Labute approximate surface area is 148 Å². The lowest BCUT2D eigenvalue weighted by molar-refractivity contribution is -0.116. The second-order valence-corrected chi connectivity index (χ2v) is 6.06. The van der Waals surface area contributed by atoms with Gasteiger partial charge in [0.15, 0.2) is 12.4 Å². The van der Waals surface area contributed by atoms with Gasteiger partial charge in [-0.15, -0.1) is 0 Å². The number of hydrogen-bond acceptors (Lipinski definition) is 5. The molecule has 0 unspecified atom stereocenters. The van der Waals surface area contributed by atoms with Crippen molar-refractivity contribution in [1.82, 2.24) is 0 Å². The highest BCUT2D eigenvalue weighted by atomic mass is 35.5. The fraction of sp³-hybridized carbons (Fsp3) is 0.167. The zero-order valence-corrected chi connectivity index (χ0v) is 13.9. The van der Waals surface area contributed by atoms with Gasteiger partial charge in [0.25, 0.3) is 0 Å². The summed E-state index contributed by atoms with van der Waals surface area (Å²) >= 11 is 5.80. The smallest absolute Gasteiger partial charge is 0.338 e. The molecule has 128 valence electrons. The maximum absolute atomic E-state index is 12.2. The quantitative estimate of drug-likeness (QED) is 0.497. The summed E-state index contributed by atoms with van der Waals surface area (Å²) < 4.78 is 5.04. The van der Waals surface area contributed by atoms with Gasteiger partial charge in [-0.1, -0.05) is 11.6 Å². The van der Waals surface area contributed by atoms with Crippen LogP contribution in [0.5, 0.6) is 0 Å². The van der Waals surface area contributed by atoms with Crippen molar-refractivity contribution in [3.63, 3.8) is 0 Å². The lowest BCUT2D eigenvalue weighted by atomic mass is 9.99. The summed E-state index contributed by atoms with van der Waals surface area (Å²) in [4.78, 5) is 35.6. The van der Waals surface area contributed by atoms with E-state index in [0.717, 1.165) is 5.56 Å². The summed E-state index contributed by atoms with van der Waals surface area (Å²) in [6.07, 6.45) is 0.962. The highest BCUT2D eigenvalue weighted by Gasteiger charge is 2.18. The van der Waals surface area contributed by atoms with E-state index in [0.29, 0.717) is 29.1 Å². The summed E-state index contributed by atoms with van der Waals surface area (Å²) in [7, 11) is 0. The van der Waals surface area contributed by atoms with E-state index < -0.39 is 5.97 Å². The number of ketones is 1. The molecule has 0 radical (unpaired) electrons. The molecule has 25 heavy (non-hydrogen) atoms. The van der Waals surface area contributed by atoms with Gasteiger partial charge in [-0.25, -0.2) is 4.79 Å². The second kappa shape index (κ2) is 6.94. The van der Waals surface area contributed by atoms with E-state index in [4.69, 9.17) is 22.1 Å². The van der Waals surface area contributed by atoms with Gasteiger partial charge in [0.1, 0.15) is 0 Å². The first-order chi connectivity index (χ1) is 11.9. The van der Waals surface area contributed by atoms with Crippen molar-refractivity contribution < 1.29 is 19.1 Å². The number of halogens is 1. The summed E-state index contributed by atoms with van der Waals surface area (Å²) in [5, 5.41) is 3.09. The highest BCUT2D eigenvalue weighted by Crippen LogP contribution is 2.24. The predicted molar refractivity (Wildman–Crippen MR) is 93.9 cm³/mol. The van der Waals surface area contributed by atoms with Crippen molar-refractivity contribution in [2.45, 2.75) is 12.8 Å². The summed E-state index contributed by atoms with van der Waals surface area (Å²) in [5.74, 6) is -1.01. The molecule has 3 rings (SSSR count). The zero-order valence-electron chi connectivity index (χ0n) is 13.2. The number of aryl methyl sites for hydroxylation is 1. The Bertz CT molecular complexity index is 879. The number of carbonyl (C=O) groups excluding carboxylic acids is 3. The van der Waals surface area contributed by atoms with Gasteiger partial charge in [0.05, 0.1) is 16.3 Å². The minimum atomic E-state index is -0.651. The van der Waals surface area contributed by atoms with Crippen LogP contribution < -0.4 is 11.1 Å². The maximum Gasteiger partial charge on any atom is 0.338 e. The molecule has 3 N–H and O–H groups in total. The predicted octanol–water partition coefficient (Wildman–Crippen LogP) is 2.85. The number of Topliss-reactive ketones (excluding diaryl/α,β-unsaturated/α-hetero) is 1. The van der Waals surface area contributed by atoms with Crippen LogP contribution >= 0.6 is 11.6 Å². The Balaban J connectivity index is 1.65. The SMILES string of the molecule is Nc1cc(C(=O)OCC(=O)c2ccc3c(c2)CCC(=O)N3)ccc1Cl. The van der Waals surface area contributed by atoms with Crippen LogP contribution in [0.1, 0.15) is 32.7 Å². The third-order valence-corrected chi connectivity index (χ3v) is 4.23. The fourth-order valence-corrected chi connectivity index (χ4v) is 2.64. The largest absolute Gasteiger partial charge is 0.454 e. The van der Waals surface area contributed by atoms with Crippen molar-refractivity contribution in [2.75, 3.05) is 17.7 Å². The van der Waals surface area contributed by atoms with Crippen molar-refractivity contribution in [3.05, 3.63) is 58.1 Å². The van der Waals surface area contributed by atoms with E-state index in [2.05, 4.69) is 5.32 Å². The molecule has 1 aliphatic rings. The van der Waals surface area contributed by atoms with Crippen LogP contribution in [0.25, 0.3) is 0 Å². The van der Waals surface area contributed by atoms with E-state index in [-0.39, 0.29) is 29.5 Å². The van der Waals surface area contributed by atoms with E-state index >= 15 is 0 Å². The molecule has 0 atom stereocenters. The van der Waals surface area contributed by atoms with Crippen LogP contribution in [0.3, 0.4) is 0 Å². The zero-order chi connectivity index (χ0) is 18.0. The topological polar surface area (TPSA) is 98.5 Å². The number of carbonyl (C=O) groups is 3. The van der Waals surface area contributed by atoms with Crippen molar-refractivity contribution in [1.29, 1.82) is 0 Å². The van der Waals surface area contributed by atoms with Gasteiger partial charge in [0.2, 0.25) is 5.91 Å². The molecule has 0 saturated carbocycles. The Kier molecular flexibility index (Phi) is 4.72. The van der Waals surface area contributed by atoms with Gasteiger partial charge in [0, 0.05) is 17.7 Å². The number of esters is 1. The van der Waals surface area contributed by atoms with Crippen molar-refractivity contribution in [3.8, 4) is 0 Å². The summed E-state index contributed by atoms with van der Waals surface area (Å²) in [6, 6.07) is 9.37. The average Bonchev–Trinajstić information content (AvgIpc) is 2.61. The standard InChI is InChI=1S/C18H15ClN2O4/c19-13-4-1-12(8-14(13)20)18(24)25-9-16(22)11-2-5-15-10(7-11)3-6-17(23)21-15/h1-2,4-5,7-8H,3,6,9,20H2,(H,21,23). The molecule has 2 aromatic rings. The molecule has 0 fully saturated rings. The van der Waals surface area contributed by atoms with Crippen LogP contribution in [0.15, 0.2) is 36.4 Å². The Morgan fingerprint density at radius 2 is 1.88 bits per heavy atom. The lowest BCUT2D eigenvalue weighted by Gasteiger charge is -2.17. The molecule has 1 aliphatic heterocycles. The third-order valence-electron chi connectivity index (χ3n) is 3.89. The van der Waals surface area contributed by atoms with Crippen LogP contribution in [-0.4, -0.2) is 24.3 Å². The Morgan fingerprint density at radius 1 is 1.12 bits per heavy atom. The number of fused-ring (bicyclic) bond motifs is 1. The number of benzene rings is 2. The number of hydrogen-bond donors (Lipinski definition) is 2. The first-order valence-corrected chi connectivity index (χ1v) is 8.00. The second-order valence-electron chi connectivity index (χ2n) is 5.66. The molecule has 0 aliphatic carbocycles. The van der Waals surface area contributed by atoms with Crippen molar-refractivity contribution >= 4 is 40.6 Å². The van der Waals surface area contributed by atoms with E-state index in [1.54, 1.807) is 18.2 Å². The third kappa shape index (κ3) is 3.80. The molecule has 2 aromatic carbocycles. The average molecular weight is 359 g/mol. The van der Waals surface area contributed by atoms with Gasteiger partial charge < -0.3 is 15.8 Å². The van der Waals surface area contributed by atoms with Crippen LogP contribution in [-0.2, 0) is 16.0 Å². The number of nitrogen functional groups attached to an aromatic ring is 1. The number of nitrogens with two attached hydrogens (primary N) is 1. The first-order valence-electron chi connectivity index (χ1n) is 7.62. The molecule has 7 heteroatoms. The molecule has 6 nitrogen and oxygen atoms in total. The van der Waals surface area contributed by atoms with Crippen molar-refractivity contribution in [2.24, 2.45) is 0 Å². The number of rotatable bonds is 4. The van der Waals surface area contributed by atoms with Gasteiger partial charge in [-0.05, 0) is 48.4 Å². The molecule has 0 spiro atoms. The van der Waals surface area contributed by atoms with E-state index in [9.17, 15) is 14.4 Å². The Morgan fingerprint density at radius 3 is 2.64 bits per heavy atom. The normalized spacial score (nSPS) is 12.9. The minimum Gasteiger partial charge on any atom is -0.454 e. The number of nitrogens with one attached hydrogen (secondary N) is 1. The molecule has 0 bridgehead atoms. The maximum atomic E-state index is 12.2. The minimum absolute atomic E-state index is 0.0391. The number of amides is 1. The van der Waals surface area contributed by atoms with Crippen LogP contribution in [0.4, 0.5) is 11.4 Å². The fourth-order valence-electron chi connectivity index (χ4n) is 2.53. The molecule has 1 amide bonds. The lowest BCUT2D eigenvalue weighted by Crippen LogP contribution is -2.20. The first kappa shape index (κ1) is 17.0. The molecular weight excluding hydrogens is 344 g/mol. The van der Waals surface area contributed by atoms with Crippen LogP contribution in [0.2, 0.25) is 5.02 Å². The molecule has 1 heterocycles. The van der Waals surface area contributed by atoms with E-state index in [1.165, 1.54) is 18.2 Å². The summed E-state index contributed by atoms with van der Waals surface area (Å²) in [5.41, 5.74) is 8.16.